The van der Waals surface area contributed by atoms with Crippen molar-refractivity contribution in [2.45, 2.75) is 50.5 Å². The Morgan fingerprint density at radius 2 is 2.08 bits per heavy atom. The smallest absolute Gasteiger partial charge is 0.230 e. The van der Waals surface area contributed by atoms with Crippen LogP contribution in [0.3, 0.4) is 0 Å². The van der Waals surface area contributed by atoms with Crippen LogP contribution in [0.15, 0.2) is 35.4 Å². The standard InChI is InChI=1S/C18H21N5O/c19-14-8-18(9-14)4-1-12(2-5-18)17-21-16(22-24-17)13-3-6-23-11-20-10-15(23)7-13/h3,6-7,10-12,14H,1-2,4-5,8-9,19H2. The molecule has 3 aromatic rings. The van der Waals surface area contributed by atoms with E-state index in [0.717, 1.165) is 29.8 Å². The lowest BCUT2D eigenvalue weighted by molar-refractivity contribution is 0.0443. The van der Waals surface area contributed by atoms with Gasteiger partial charge in [-0.05, 0) is 56.1 Å². The van der Waals surface area contributed by atoms with Gasteiger partial charge in [-0.25, -0.2) is 4.98 Å². The second kappa shape index (κ2) is 5.14. The van der Waals surface area contributed by atoms with E-state index in [2.05, 4.69) is 15.1 Å². The van der Waals surface area contributed by atoms with Gasteiger partial charge < -0.3 is 14.7 Å². The number of nitrogens with two attached hydrogens (primary N) is 1. The Hall–Kier alpha value is -2.21. The molecule has 124 valence electrons. The summed E-state index contributed by atoms with van der Waals surface area (Å²) in [6, 6.07) is 4.46. The highest BCUT2D eigenvalue weighted by atomic mass is 16.5. The molecule has 0 aliphatic heterocycles. The van der Waals surface area contributed by atoms with Gasteiger partial charge in [0.15, 0.2) is 0 Å². The van der Waals surface area contributed by atoms with E-state index in [1.54, 1.807) is 6.33 Å². The summed E-state index contributed by atoms with van der Waals surface area (Å²) < 4.78 is 7.55. The topological polar surface area (TPSA) is 82.2 Å². The van der Waals surface area contributed by atoms with Crippen molar-refractivity contribution in [3.05, 3.63) is 36.7 Å². The molecule has 0 aromatic carbocycles. The van der Waals surface area contributed by atoms with Crippen LogP contribution in [0, 0.1) is 5.41 Å². The quantitative estimate of drug-likeness (QED) is 0.783. The van der Waals surface area contributed by atoms with Crippen molar-refractivity contribution in [2.75, 3.05) is 0 Å². The molecule has 2 N–H and O–H groups in total. The van der Waals surface area contributed by atoms with Gasteiger partial charge in [0.1, 0.15) is 0 Å². The normalized spacial score (nSPS) is 29.9. The second-order valence-electron chi connectivity index (χ2n) is 7.54. The van der Waals surface area contributed by atoms with Crippen LogP contribution in [-0.2, 0) is 0 Å². The average molecular weight is 323 g/mol. The molecule has 2 aliphatic carbocycles. The summed E-state index contributed by atoms with van der Waals surface area (Å²) in [6.07, 6.45) is 12.7. The molecule has 2 aliphatic rings. The summed E-state index contributed by atoms with van der Waals surface area (Å²) in [5.74, 6) is 1.85. The molecule has 2 fully saturated rings. The molecule has 3 heterocycles. The lowest BCUT2D eigenvalue weighted by Gasteiger charge is -2.50. The van der Waals surface area contributed by atoms with E-state index in [1.165, 1.54) is 25.7 Å². The van der Waals surface area contributed by atoms with Crippen molar-refractivity contribution in [2.24, 2.45) is 11.1 Å². The van der Waals surface area contributed by atoms with Gasteiger partial charge in [-0.3, -0.25) is 0 Å². The van der Waals surface area contributed by atoms with Crippen LogP contribution in [0.1, 0.15) is 50.3 Å². The Balaban J connectivity index is 1.34. The summed E-state index contributed by atoms with van der Waals surface area (Å²) >= 11 is 0. The number of hydrogen-bond donors (Lipinski definition) is 1. The first-order valence-electron chi connectivity index (χ1n) is 8.72. The number of nitrogens with zero attached hydrogens (tertiary/aromatic N) is 4. The molecule has 24 heavy (non-hydrogen) atoms. The van der Waals surface area contributed by atoms with E-state index >= 15 is 0 Å². The Bertz CT molecular complexity index is 866. The molecule has 0 unspecified atom stereocenters. The highest BCUT2D eigenvalue weighted by Gasteiger charge is 2.45. The molecular formula is C18H21N5O. The summed E-state index contributed by atoms with van der Waals surface area (Å²) in [5.41, 5.74) is 8.50. The molecule has 1 spiro atoms. The predicted octanol–water partition coefficient (Wildman–Crippen LogP) is 3.15. The van der Waals surface area contributed by atoms with Gasteiger partial charge in [-0.15, -0.1) is 0 Å². The fourth-order valence-corrected chi connectivity index (χ4v) is 4.51. The Labute approximate surface area is 140 Å². The number of pyridine rings is 1. The molecule has 2 saturated carbocycles. The van der Waals surface area contributed by atoms with Crippen LogP contribution in [0.4, 0.5) is 0 Å². The highest BCUT2D eigenvalue weighted by molar-refractivity contribution is 5.62. The minimum Gasteiger partial charge on any atom is -0.339 e. The van der Waals surface area contributed by atoms with Crippen molar-refractivity contribution in [3.8, 4) is 11.4 Å². The van der Waals surface area contributed by atoms with Gasteiger partial charge in [-0.2, -0.15) is 4.98 Å². The number of rotatable bonds is 2. The minimum atomic E-state index is 0.396. The number of fused-ring (bicyclic) bond motifs is 1. The molecule has 0 amide bonds. The number of imidazole rings is 1. The van der Waals surface area contributed by atoms with E-state index in [4.69, 9.17) is 10.3 Å². The molecular weight excluding hydrogens is 302 g/mol. The molecule has 6 nitrogen and oxygen atoms in total. The Morgan fingerprint density at radius 3 is 2.88 bits per heavy atom. The summed E-state index contributed by atoms with van der Waals surface area (Å²) in [7, 11) is 0. The van der Waals surface area contributed by atoms with Gasteiger partial charge >= 0.3 is 0 Å². The SMILES string of the molecule is NC1CC2(CCC(c3nc(-c4ccn5cncc5c4)no3)CC2)C1. The van der Waals surface area contributed by atoms with Crippen LogP contribution in [0.25, 0.3) is 16.9 Å². The van der Waals surface area contributed by atoms with Gasteiger partial charge in [0.25, 0.3) is 0 Å². The fourth-order valence-electron chi connectivity index (χ4n) is 4.51. The third-order valence-corrected chi connectivity index (χ3v) is 5.90. The zero-order valence-electron chi connectivity index (χ0n) is 13.6. The third kappa shape index (κ3) is 2.24. The summed E-state index contributed by atoms with van der Waals surface area (Å²) in [4.78, 5) is 8.81. The maximum absolute atomic E-state index is 5.98. The molecule has 5 rings (SSSR count). The van der Waals surface area contributed by atoms with Gasteiger partial charge in [-0.1, -0.05) is 5.16 Å². The molecule has 0 saturated heterocycles. The first-order chi connectivity index (χ1) is 11.7. The van der Waals surface area contributed by atoms with E-state index in [9.17, 15) is 0 Å². The van der Waals surface area contributed by atoms with Crippen LogP contribution in [0.2, 0.25) is 0 Å². The second-order valence-corrected chi connectivity index (χ2v) is 7.54. The largest absolute Gasteiger partial charge is 0.339 e. The Morgan fingerprint density at radius 1 is 1.25 bits per heavy atom. The van der Waals surface area contributed by atoms with E-state index in [1.807, 2.05) is 28.9 Å². The van der Waals surface area contributed by atoms with Crippen molar-refractivity contribution < 1.29 is 4.52 Å². The van der Waals surface area contributed by atoms with Gasteiger partial charge in [0.2, 0.25) is 11.7 Å². The third-order valence-electron chi connectivity index (χ3n) is 5.90. The van der Waals surface area contributed by atoms with Crippen molar-refractivity contribution in [3.63, 3.8) is 0 Å². The van der Waals surface area contributed by atoms with Crippen LogP contribution in [-0.4, -0.2) is 25.6 Å². The predicted molar refractivity (Wildman–Crippen MR) is 89.3 cm³/mol. The summed E-state index contributed by atoms with van der Waals surface area (Å²) in [5, 5.41) is 4.20. The van der Waals surface area contributed by atoms with Crippen LogP contribution < -0.4 is 5.73 Å². The number of aromatic nitrogens is 4. The lowest BCUT2D eigenvalue weighted by Crippen LogP contribution is -2.47. The molecule has 0 radical (unpaired) electrons. The first kappa shape index (κ1) is 14.2. The van der Waals surface area contributed by atoms with E-state index < -0.39 is 0 Å². The molecule has 0 bridgehead atoms. The maximum atomic E-state index is 5.98. The lowest BCUT2D eigenvalue weighted by atomic mass is 9.57. The first-order valence-corrected chi connectivity index (χ1v) is 8.72. The number of hydrogen-bond acceptors (Lipinski definition) is 5. The Kier molecular flexibility index (Phi) is 3.03. The van der Waals surface area contributed by atoms with Gasteiger partial charge in [0.05, 0.1) is 18.0 Å². The fraction of sp³-hybridized carbons (Fsp3) is 0.500. The molecule has 6 heteroatoms. The maximum Gasteiger partial charge on any atom is 0.230 e. The molecule has 3 aromatic heterocycles. The highest BCUT2D eigenvalue weighted by Crippen LogP contribution is 2.53. The average Bonchev–Trinajstić information content (AvgIpc) is 3.23. The van der Waals surface area contributed by atoms with Crippen LogP contribution >= 0.6 is 0 Å². The van der Waals surface area contributed by atoms with Crippen molar-refractivity contribution in [1.82, 2.24) is 19.5 Å². The van der Waals surface area contributed by atoms with E-state index in [-0.39, 0.29) is 0 Å². The monoisotopic (exact) mass is 323 g/mol. The zero-order valence-corrected chi connectivity index (χ0v) is 13.6. The van der Waals surface area contributed by atoms with Crippen molar-refractivity contribution >= 4 is 5.52 Å². The summed E-state index contributed by atoms with van der Waals surface area (Å²) in [6.45, 7) is 0. The molecule has 0 atom stereocenters. The minimum absolute atomic E-state index is 0.396. The van der Waals surface area contributed by atoms with Crippen molar-refractivity contribution in [1.29, 1.82) is 0 Å². The van der Waals surface area contributed by atoms with Crippen LogP contribution in [0.5, 0.6) is 0 Å². The van der Waals surface area contributed by atoms with Gasteiger partial charge in [0, 0.05) is 23.7 Å². The van der Waals surface area contributed by atoms with E-state index in [0.29, 0.717) is 23.2 Å². The zero-order chi connectivity index (χ0) is 16.1.